The standard InChI is InChI=1S/C16H22FNO6S/c1-11-7-12(16(19)20)10-18(9-11)25(21,22)15-8-13(17)3-4-14(15)24-6-5-23-2/h3-4,8,11-12H,5-7,9-10H2,1-2H3,(H,19,20). The molecule has 0 radical (unpaired) electrons. The van der Waals surface area contributed by atoms with E-state index in [1.165, 1.54) is 13.2 Å². The van der Waals surface area contributed by atoms with Gasteiger partial charge in [-0.1, -0.05) is 6.92 Å². The van der Waals surface area contributed by atoms with Crippen molar-refractivity contribution in [2.45, 2.75) is 18.2 Å². The van der Waals surface area contributed by atoms with Gasteiger partial charge in [-0.05, 0) is 30.5 Å². The first-order valence-corrected chi connectivity index (χ1v) is 9.34. The van der Waals surface area contributed by atoms with Crippen LogP contribution in [0.25, 0.3) is 0 Å². The molecule has 1 heterocycles. The van der Waals surface area contributed by atoms with Gasteiger partial charge in [-0.3, -0.25) is 4.79 Å². The van der Waals surface area contributed by atoms with E-state index in [0.29, 0.717) is 6.42 Å². The molecule has 2 atom stereocenters. The summed E-state index contributed by atoms with van der Waals surface area (Å²) >= 11 is 0. The van der Waals surface area contributed by atoms with Crippen LogP contribution in [0.15, 0.2) is 23.1 Å². The van der Waals surface area contributed by atoms with Gasteiger partial charge in [0.2, 0.25) is 10.0 Å². The number of carboxylic acids is 1. The number of nitrogens with zero attached hydrogens (tertiary/aromatic N) is 1. The number of aliphatic carboxylic acids is 1. The van der Waals surface area contributed by atoms with E-state index in [9.17, 15) is 22.7 Å². The van der Waals surface area contributed by atoms with E-state index < -0.39 is 27.7 Å². The lowest BCUT2D eigenvalue weighted by Gasteiger charge is -2.34. The second-order valence-corrected chi connectivity index (χ2v) is 8.04. The molecule has 1 aromatic rings. The molecule has 1 aromatic carbocycles. The molecule has 0 bridgehead atoms. The molecule has 1 N–H and O–H groups in total. The predicted molar refractivity (Wildman–Crippen MR) is 87.4 cm³/mol. The zero-order valence-corrected chi connectivity index (χ0v) is 15.0. The Kier molecular flexibility index (Phi) is 6.36. The zero-order valence-electron chi connectivity index (χ0n) is 14.1. The summed E-state index contributed by atoms with van der Waals surface area (Å²) in [5.74, 6) is -2.63. The molecule has 25 heavy (non-hydrogen) atoms. The average Bonchev–Trinajstić information content (AvgIpc) is 2.55. The Morgan fingerprint density at radius 2 is 2.08 bits per heavy atom. The number of hydrogen-bond donors (Lipinski definition) is 1. The van der Waals surface area contributed by atoms with Gasteiger partial charge in [-0.15, -0.1) is 0 Å². The first-order chi connectivity index (χ1) is 11.8. The number of ether oxygens (including phenoxy) is 2. The van der Waals surface area contributed by atoms with Crippen LogP contribution in [0.4, 0.5) is 4.39 Å². The lowest BCUT2D eigenvalue weighted by Crippen LogP contribution is -2.45. The van der Waals surface area contributed by atoms with Crippen LogP contribution < -0.4 is 4.74 Å². The van der Waals surface area contributed by atoms with Crippen molar-refractivity contribution in [3.8, 4) is 5.75 Å². The summed E-state index contributed by atoms with van der Waals surface area (Å²) in [5.41, 5.74) is 0. The minimum absolute atomic E-state index is 0.0172. The number of carbonyl (C=O) groups is 1. The minimum Gasteiger partial charge on any atom is -0.490 e. The Labute approximate surface area is 146 Å². The van der Waals surface area contributed by atoms with Gasteiger partial charge in [-0.2, -0.15) is 4.31 Å². The number of methoxy groups -OCH3 is 1. The Morgan fingerprint density at radius 1 is 1.36 bits per heavy atom. The maximum Gasteiger partial charge on any atom is 0.307 e. The van der Waals surface area contributed by atoms with Gasteiger partial charge >= 0.3 is 5.97 Å². The summed E-state index contributed by atoms with van der Waals surface area (Å²) < 4.78 is 50.9. The van der Waals surface area contributed by atoms with Crippen LogP contribution in [0, 0.1) is 17.7 Å². The second kappa shape index (κ2) is 8.11. The third-order valence-corrected chi connectivity index (χ3v) is 5.90. The maximum absolute atomic E-state index is 13.7. The molecule has 140 valence electrons. The van der Waals surface area contributed by atoms with E-state index in [4.69, 9.17) is 9.47 Å². The number of sulfonamides is 1. The van der Waals surface area contributed by atoms with Crippen molar-refractivity contribution in [1.29, 1.82) is 0 Å². The minimum atomic E-state index is -4.09. The van der Waals surface area contributed by atoms with Crippen molar-refractivity contribution in [2.75, 3.05) is 33.4 Å². The van der Waals surface area contributed by atoms with Crippen molar-refractivity contribution in [3.05, 3.63) is 24.0 Å². The summed E-state index contributed by atoms with van der Waals surface area (Å²) in [6.07, 6.45) is 0.404. The van der Waals surface area contributed by atoms with Gasteiger partial charge in [0.25, 0.3) is 0 Å². The molecule has 1 aliphatic heterocycles. The van der Waals surface area contributed by atoms with Crippen LogP contribution in [-0.2, 0) is 19.6 Å². The quantitative estimate of drug-likeness (QED) is 0.728. The zero-order chi connectivity index (χ0) is 18.6. The van der Waals surface area contributed by atoms with Gasteiger partial charge in [0, 0.05) is 20.2 Å². The van der Waals surface area contributed by atoms with Crippen molar-refractivity contribution in [2.24, 2.45) is 11.8 Å². The molecule has 1 saturated heterocycles. The van der Waals surface area contributed by atoms with E-state index in [1.807, 2.05) is 0 Å². The van der Waals surface area contributed by atoms with Crippen LogP contribution in [0.2, 0.25) is 0 Å². The lowest BCUT2D eigenvalue weighted by molar-refractivity contribution is -0.143. The highest BCUT2D eigenvalue weighted by Gasteiger charge is 2.37. The molecule has 7 nitrogen and oxygen atoms in total. The molecule has 0 saturated carbocycles. The molecule has 0 aliphatic carbocycles. The highest BCUT2D eigenvalue weighted by atomic mass is 32.2. The maximum atomic E-state index is 13.7. The van der Waals surface area contributed by atoms with Crippen molar-refractivity contribution >= 4 is 16.0 Å². The Hall–Kier alpha value is -1.71. The number of piperidine rings is 1. The monoisotopic (exact) mass is 375 g/mol. The fraction of sp³-hybridized carbons (Fsp3) is 0.562. The summed E-state index contributed by atoms with van der Waals surface area (Å²) in [6.45, 7) is 2.19. The van der Waals surface area contributed by atoms with E-state index >= 15 is 0 Å². The molecule has 2 unspecified atom stereocenters. The van der Waals surface area contributed by atoms with Crippen molar-refractivity contribution in [3.63, 3.8) is 0 Å². The van der Waals surface area contributed by atoms with Crippen molar-refractivity contribution in [1.82, 2.24) is 4.31 Å². The average molecular weight is 375 g/mol. The van der Waals surface area contributed by atoms with E-state index in [1.54, 1.807) is 6.92 Å². The molecular formula is C16H22FNO6S. The Morgan fingerprint density at radius 3 is 2.72 bits per heavy atom. The van der Waals surface area contributed by atoms with Gasteiger partial charge in [-0.25, -0.2) is 12.8 Å². The second-order valence-electron chi connectivity index (χ2n) is 6.13. The lowest BCUT2D eigenvalue weighted by atomic mass is 9.92. The molecule has 0 spiro atoms. The SMILES string of the molecule is COCCOc1ccc(F)cc1S(=O)(=O)N1CC(C)CC(C(=O)O)C1. The largest absolute Gasteiger partial charge is 0.490 e. The predicted octanol–water partition coefficient (Wildman–Crippen LogP) is 1.58. The number of hydrogen-bond acceptors (Lipinski definition) is 5. The molecule has 0 aromatic heterocycles. The number of halogens is 1. The third-order valence-electron chi connectivity index (χ3n) is 4.04. The smallest absolute Gasteiger partial charge is 0.307 e. The fourth-order valence-electron chi connectivity index (χ4n) is 2.85. The van der Waals surface area contributed by atoms with Gasteiger partial charge in [0.05, 0.1) is 12.5 Å². The normalized spacial score (nSPS) is 21.9. The summed E-state index contributed by atoms with van der Waals surface area (Å²) in [6, 6.07) is 3.26. The Balaban J connectivity index is 2.34. The first-order valence-electron chi connectivity index (χ1n) is 7.90. The number of carboxylic acid groups (broad SMARTS) is 1. The molecule has 9 heteroatoms. The highest BCUT2D eigenvalue weighted by molar-refractivity contribution is 7.89. The first kappa shape index (κ1) is 19.6. The van der Waals surface area contributed by atoms with Gasteiger partial charge in [0.1, 0.15) is 23.1 Å². The molecule has 1 aliphatic rings. The van der Waals surface area contributed by atoms with E-state index in [2.05, 4.69) is 0 Å². The van der Waals surface area contributed by atoms with Gasteiger partial charge in [0.15, 0.2) is 0 Å². The van der Waals surface area contributed by atoms with E-state index in [-0.39, 0.29) is 42.9 Å². The van der Waals surface area contributed by atoms with Crippen molar-refractivity contribution < 1.29 is 32.2 Å². The number of benzene rings is 1. The molecule has 1 fully saturated rings. The summed E-state index contributed by atoms with van der Waals surface area (Å²) in [5, 5.41) is 9.23. The van der Waals surface area contributed by atoms with Crippen LogP contribution >= 0.6 is 0 Å². The van der Waals surface area contributed by atoms with Gasteiger partial charge < -0.3 is 14.6 Å². The van der Waals surface area contributed by atoms with Crippen LogP contribution in [0.5, 0.6) is 5.75 Å². The van der Waals surface area contributed by atoms with Crippen LogP contribution in [-0.4, -0.2) is 57.2 Å². The van der Waals surface area contributed by atoms with Crippen LogP contribution in [0.3, 0.4) is 0 Å². The summed E-state index contributed by atoms with van der Waals surface area (Å²) in [4.78, 5) is 11.0. The van der Waals surface area contributed by atoms with Crippen LogP contribution in [0.1, 0.15) is 13.3 Å². The third kappa shape index (κ3) is 4.68. The molecule has 0 amide bonds. The Bertz CT molecular complexity index is 723. The highest BCUT2D eigenvalue weighted by Crippen LogP contribution is 2.32. The fourth-order valence-corrected chi connectivity index (χ4v) is 4.60. The molecular weight excluding hydrogens is 353 g/mol. The molecule has 2 rings (SSSR count). The topological polar surface area (TPSA) is 93.1 Å². The van der Waals surface area contributed by atoms with E-state index in [0.717, 1.165) is 16.4 Å². The summed E-state index contributed by atoms with van der Waals surface area (Å²) in [7, 11) is -2.61. The number of rotatable bonds is 7.